The molecule has 1 aliphatic rings. The molecule has 1 heterocycles. The van der Waals surface area contributed by atoms with Gasteiger partial charge in [0.15, 0.2) is 6.61 Å². The fourth-order valence-electron chi connectivity index (χ4n) is 1.08. The summed E-state index contributed by atoms with van der Waals surface area (Å²) in [5.41, 5.74) is 0. The highest BCUT2D eigenvalue weighted by molar-refractivity contribution is 5.96. The van der Waals surface area contributed by atoms with Gasteiger partial charge in [-0.1, -0.05) is 0 Å². The first kappa shape index (κ1) is 13.7. The number of hydrogen-bond donors (Lipinski definition) is 0. The molecule has 0 aliphatic carbocycles. The van der Waals surface area contributed by atoms with Crippen LogP contribution in [-0.4, -0.2) is 55.7 Å². The smallest absolute Gasteiger partial charge is 0.416 e. The Morgan fingerprint density at radius 3 is 2.56 bits per heavy atom. The standard InChI is InChI=1S/C10H11NO7/c1-16-8(13)2-3-9(14)18-6-7(12)11-4-5-17-10(11)15/h2-3H,4-6H2,1H3/b3-2+. The minimum Gasteiger partial charge on any atom is -0.466 e. The van der Waals surface area contributed by atoms with E-state index < -0.39 is 30.5 Å². The molecule has 0 N–H and O–H groups in total. The quantitative estimate of drug-likeness (QED) is 0.370. The monoisotopic (exact) mass is 257 g/mol. The van der Waals surface area contributed by atoms with E-state index in [4.69, 9.17) is 0 Å². The zero-order valence-corrected chi connectivity index (χ0v) is 9.58. The maximum Gasteiger partial charge on any atom is 0.416 e. The average Bonchev–Trinajstić information content (AvgIpc) is 2.79. The number of carbonyl (C=O) groups excluding carboxylic acids is 4. The van der Waals surface area contributed by atoms with E-state index in [1.54, 1.807) is 0 Å². The molecule has 0 bridgehead atoms. The van der Waals surface area contributed by atoms with Crippen LogP contribution in [0.5, 0.6) is 0 Å². The highest BCUT2D eigenvalue weighted by Crippen LogP contribution is 2.03. The van der Waals surface area contributed by atoms with Crippen molar-refractivity contribution >= 4 is 23.9 Å². The first-order valence-electron chi connectivity index (χ1n) is 4.94. The number of amides is 2. The van der Waals surface area contributed by atoms with Gasteiger partial charge in [0.05, 0.1) is 13.7 Å². The summed E-state index contributed by atoms with van der Waals surface area (Å²) in [5.74, 6) is -2.29. The zero-order chi connectivity index (χ0) is 13.5. The van der Waals surface area contributed by atoms with Gasteiger partial charge in [-0.15, -0.1) is 0 Å². The van der Waals surface area contributed by atoms with Gasteiger partial charge in [0, 0.05) is 12.2 Å². The lowest BCUT2D eigenvalue weighted by atomic mass is 10.5. The molecule has 0 aromatic carbocycles. The molecule has 0 saturated carbocycles. The molecule has 0 radical (unpaired) electrons. The summed E-state index contributed by atoms with van der Waals surface area (Å²) in [5, 5.41) is 0. The third-order valence-corrected chi connectivity index (χ3v) is 1.96. The minimum absolute atomic E-state index is 0.126. The summed E-state index contributed by atoms with van der Waals surface area (Å²) in [7, 11) is 1.15. The van der Waals surface area contributed by atoms with E-state index in [2.05, 4.69) is 14.2 Å². The van der Waals surface area contributed by atoms with E-state index in [0.29, 0.717) is 0 Å². The van der Waals surface area contributed by atoms with Crippen molar-refractivity contribution in [2.75, 3.05) is 26.9 Å². The Morgan fingerprint density at radius 2 is 2.00 bits per heavy atom. The van der Waals surface area contributed by atoms with Crippen LogP contribution >= 0.6 is 0 Å². The van der Waals surface area contributed by atoms with E-state index in [9.17, 15) is 19.2 Å². The second kappa shape index (κ2) is 6.38. The number of carbonyl (C=O) groups is 4. The van der Waals surface area contributed by atoms with E-state index >= 15 is 0 Å². The Morgan fingerprint density at radius 1 is 1.33 bits per heavy atom. The summed E-state index contributed by atoms with van der Waals surface area (Å²) in [4.78, 5) is 44.9. The van der Waals surface area contributed by atoms with Gasteiger partial charge >= 0.3 is 18.0 Å². The van der Waals surface area contributed by atoms with Crippen molar-refractivity contribution in [3.05, 3.63) is 12.2 Å². The normalized spacial score (nSPS) is 14.5. The Bertz CT molecular complexity index is 401. The maximum atomic E-state index is 11.4. The molecule has 1 rings (SSSR count). The van der Waals surface area contributed by atoms with Gasteiger partial charge in [-0.3, -0.25) is 4.79 Å². The maximum absolute atomic E-state index is 11.4. The molecule has 1 saturated heterocycles. The third-order valence-electron chi connectivity index (χ3n) is 1.96. The SMILES string of the molecule is COC(=O)/C=C/C(=O)OCC(=O)N1CCOC1=O. The average molecular weight is 257 g/mol. The fraction of sp³-hybridized carbons (Fsp3) is 0.400. The van der Waals surface area contributed by atoms with Crippen molar-refractivity contribution in [2.45, 2.75) is 0 Å². The van der Waals surface area contributed by atoms with Crippen LogP contribution in [0.1, 0.15) is 0 Å². The van der Waals surface area contributed by atoms with Gasteiger partial charge in [-0.25, -0.2) is 19.3 Å². The van der Waals surface area contributed by atoms with Gasteiger partial charge in [0.25, 0.3) is 5.91 Å². The molecule has 1 fully saturated rings. The molecule has 2 amide bonds. The fourth-order valence-corrected chi connectivity index (χ4v) is 1.08. The molecule has 1 aliphatic heterocycles. The van der Waals surface area contributed by atoms with E-state index in [0.717, 1.165) is 24.2 Å². The number of ether oxygens (including phenoxy) is 3. The lowest BCUT2D eigenvalue weighted by Gasteiger charge is -2.09. The molecule has 8 nitrogen and oxygen atoms in total. The Kier molecular flexibility index (Phi) is 4.85. The molecule has 0 atom stereocenters. The van der Waals surface area contributed by atoms with Crippen LogP contribution in [0.3, 0.4) is 0 Å². The lowest BCUT2D eigenvalue weighted by molar-refractivity contribution is -0.146. The highest BCUT2D eigenvalue weighted by Gasteiger charge is 2.28. The highest BCUT2D eigenvalue weighted by atomic mass is 16.6. The van der Waals surface area contributed by atoms with E-state index in [-0.39, 0.29) is 13.2 Å². The molecule has 0 unspecified atom stereocenters. The number of hydrogen-bond acceptors (Lipinski definition) is 7. The van der Waals surface area contributed by atoms with Crippen molar-refractivity contribution in [1.82, 2.24) is 4.90 Å². The Hall–Kier alpha value is -2.38. The predicted molar refractivity (Wildman–Crippen MR) is 55.2 cm³/mol. The molecule has 0 aromatic heterocycles. The van der Waals surface area contributed by atoms with Crippen molar-refractivity contribution in [2.24, 2.45) is 0 Å². The summed E-state index contributed by atoms with van der Waals surface area (Å²) in [6, 6.07) is 0. The minimum atomic E-state index is -0.888. The molecule has 0 aromatic rings. The van der Waals surface area contributed by atoms with Crippen molar-refractivity contribution in [1.29, 1.82) is 0 Å². The largest absolute Gasteiger partial charge is 0.466 e. The van der Waals surface area contributed by atoms with Gasteiger partial charge in [0.1, 0.15) is 6.61 Å². The summed E-state index contributed by atoms with van der Waals surface area (Å²) in [6.45, 7) is -0.340. The molecule has 98 valence electrons. The second-order valence-corrected chi connectivity index (χ2v) is 3.12. The summed E-state index contributed by atoms with van der Waals surface area (Å²) >= 11 is 0. The van der Waals surface area contributed by atoms with Crippen LogP contribution < -0.4 is 0 Å². The summed E-state index contributed by atoms with van der Waals surface area (Å²) in [6.07, 6.45) is 0.916. The van der Waals surface area contributed by atoms with Gasteiger partial charge in [0.2, 0.25) is 0 Å². The number of cyclic esters (lactones) is 1. The summed E-state index contributed by atoms with van der Waals surface area (Å²) < 4.78 is 13.3. The number of rotatable bonds is 4. The predicted octanol–water partition coefficient (Wildman–Crippen LogP) is -0.762. The van der Waals surface area contributed by atoms with Gasteiger partial charge in [-0.2, -0.15) is 0 Å². The Labute approximate surface area is 102 Å². The Balaban J connectivity index is 2.34. The lowest BCUT2D eigenvalue weighted by Crippen LogP contribution is -2.35. The van der Waals surface area contributed by atoms with Crippen LogP contribution in [0.25, 0.3) is 0 Å². The van der Waals surface area contributed by atoms with Crippen LogP contribution in [0, 0.1) is 0 Å². The third kappa shape index (κ3) is 3.89. The van der Waals surface area contributed by atoms with Crippen LogP contribution in [0.15, 0.2) is 12.2 Å². The number of methoxy groups -OCH3 is 1. The van der Waals surface area contributed by atoms with Crippen LogP contribution in [0.4, 0.5) is 4.79 Å². The second-order valence-electron chi connectivity index (χ2n) is 3.12. The first-order valence-corrected chi connectivity index (χ1v) is 4.94. The number of esters is 2. The van der Waals surface area contributed by atoms with Crippen LogP contribution in [0.2, 0.25) is 0 Å². The van der Waals surface area contributed by atoms with Crippen molar-refractivity contribution in [3.8, 4) is 0 Å². The molecule has 8 heteroatoms. The zero-order valence-electron chi connectivity index (χ0n) is 9.58. The van der Waals surface area contributed by atoms with E-state index in [1.807, 2.05) is 0 Å². The van der Waals surface area contributed by atoms with Gasteiger partial charge < -0.3 is 14.2 Å². The van der Waals surface area contributed by atoms with Gasteiger partial charge in [-0.05, 0) is 0 Å². The molecular formula is C10H11NO7. The molecule has 18 heavy (non-hydrogen) atoms. The topological polar surface area (TPSA) is 99.2 Å². The van der Waals surface area contributed by atoms with Crippen molar-refractivity contribution in [3.63, 3.8) is 0 Å². The van der Waals surface area contributed by atoms with E-state index in [1.165, 1.54) is 0 Å². The number of nitrogens with zero attached hydrogens (tertiary/aromatic N) is 1. The molecule has 0 spiro atoms. The van der Waals surface area contributed by atoms with Crippen molar-refractivity contribution < 1.29 is 33.4 Å². The molecular weight excluding hydrogens is 246 g/mol. The first-order chi connectivity index (χ1) is 8.54. The van der Waals surface area contributed by atoms with Crippen LogP contribution in [-0.2, 0) is 28.6 Å². The number of imide groups is 1.